The van der Waals surface area contributed by atoms with Crippen molar-refractivity contribution in [2.45, 2.75) is 39.7 Å². The molecular formula is C16H24N2SSi. The SMILES string of the molecule is Cc1nc(CN(C)Cc2ccc([Si](C)(C)C)cc2)cs1. The van der Waals surface area contributed by atoms with Crippen molar-refractivity contribution >= 4 is 24.6 Å². The Labute approximate surface area is 127 Å². The highest BCUT2D eigenvalue weighted by Gasteiger charge is 2.15. The van der Waals surface area contributed by atoms with Crippen LogP contribution in [0.2, 0.25) is 19.6 Å². The van der Waals surface area contributed by atoms with Gasteiger partial charge < -0.3 is 0 Å². The van der Waals surface area contributed by atoms with E-state index in [0.717, 1.165) is 18.1 Å². The first-order valence-corrected chi connectivity index (χ1v) is 11.4. The molecule has 20 heavy (non-hydrogen) atoms. The molecule has 0 N–H and O–H groups in total. The summed E-state index contributed by atoms with van der Waals surface area (Å²) in [6.07, 6.45) is 0. The summed E-state index contributed by atoms with van der Waals surface area (Å²) in [5.41, 5.74) is 2.55. The molecule has 2 rings (SSSR count). The summed E-state index contributed by atoms with van der Waals surface area (Å²) in [4.78, 5) is 6.84. The number of aromatic nitrogens is 1. The lowest BCUT2D eigenvalue weighted by molar-refractivity contribution is 0.315. The molecule has 1 heterocycles. The molecule has 0 saturated heterocycles. The van der Waals surface area contributed by atoms with Gasteiger partial charge in [0.1, 0.15) is 0 Å². The normalized spacial score (nSPS) is 12.1. The molecule has 0 bridgehead atoms. The molecule has 0 amide bonds. The Morgan fingerprint density at radius 3 is 2.25 bits per heavy atom. The van der Waals surface area contributed by atoms with Gasteiger partial charge in [-0.05, 0) is 19.5 Å². The van der Waals surface area contributed by atoms with Gasteiger partial charge in [0.15, 0.2) is 0 Å². The standard InChI is InChI=1S/C16H24N2SSi/c1-13-17-15(12-19-13)11-18(2)10-14-6-8-16(9-7-14)20(3,4)5/h6-9,12H,10-11H2,1-5H3. The average molecular weight is 305 g/mol. The maximum Gasteiger partial charge on any atom is 0.0897 e. The summed E-state index contributed by atoms with van der Waals surface area (Å²) in [6, 6.07) is 9.16. The predicted octanol–water partition coefficient (Wildman–Crippen LogP) is 3.63. The summed E-state index contributed by atoms with van der Waals surface area (Å²) in [5, 5.41) is 4.83. The molecular weight excluding hydrogens is 280 g/mol. The highest BCUT2D eigenvalue weighted by Crippen LogP contribution is 2.12. The van der Waals surface area contributed by atoms with Crippen molar-refractivity contribution in [3.8, 4) is 0 Å². The third-order valence-electron chi connectivity index (χ3n) is 3.37. The van der Waals surface area contributed by atoms with Crippen molar-refractivity contribution in [2.24, 2.45) is 0 Å². The second-order valence-corrected chi connectivity index (χ2v) is 12.6. The van der Waals surface area contributed by atoms with E-state index in [1.807, 2.05) is 0 Å². The largest absolute Gasteiger partial charge is 0.296 e. The van der Waals surface area contributed by atoms with Crippen molar-refractivity contribution in [1.82, 2.24) is 9.88 Å². The number of nitrogens with zero attached hydrogens (tertiary/aromatic N) is 2. The Bertz CT molecular complexity index is 555. The van der Waals surface area contributed by atoms with Crippen molar-refractivity contribution < 1.29 is 0 Å². The van der Waals surface area contributed by atoms with Crippen molar-refractivity contribution in [3.05, 3.63) is 45.9 Å². The van der Waals surface area contributed by atoms with Gasteiger partial charge in [-0.1, -0.05) is 49.1 Å². The van der Waals surface area contributed by atoms with E-state index in [1.54, 1.807) is 11.3 Å². The third kappa shape index (κ3) is 4.26. The fourth-order valence-corrected chi connectivity index (χ4v) is 4.01. The van der Waals surface area contributed by atoms with E-state index in [1.165, 1.54) is 16.4 Å². The highest BCUT2D eigenvalue weighted by molar-refractivity contribution is 7.09. The summed E-state index contributed by atoms with van der Waals surface area (Å²) < 4.78 is 0. The van der Waals surface area contributed by atoms with Gasteiger partial charge in [0.05, 0.1) is 18.8 Å². The van der Waals surface area contributed by atoms with Crippen LogP contribution in [-0.4, -0.2) is 25.0 Å². The molecule has 0 spiro atoms. The predicted molar refractivity (Wildman–Crippen MR) is 91.4 cm³/mol. The summed E-state index contributed by atoms with van der Waals surface area (Å²) in [6.45, 7) is 11.1. The van der Waals surface area contributed by atoms with E-state index in [-0.39, 0.29) is 0 Å². The maximum absolute atomic E-state index is 4.52. The summed E-state index contributed by atoms with van der Waals surface area (Å²) >= 11 is 1.72. The molecule has 0 saturated carbocycles. The number of hydrogen-bond donors (Lipinski definition) is 0. The van der Waals surface area contributed by atoms with Crippen LogP contribution in [0.3, 0.4) is 0 Å². The van der Waals surface area contributed by atoms with Crippen LogP contribution in [0.4, 0.5) is 0 Å². The first-order valence-electron chi connectivity index (χ1n) is 7.03. The topological polar surface area (TPSA) is 16.1 Å². The van der Waals surface area contributed by atoms with Gasteiger partial charge >= 0.3 is 0 Å². The van der Waals surface area contributed by atoms with Crippen LogP contribution in [0.25, 0.3) is 0 Å². The minimum atomic E-state index is -1.18. The van der Waals surface area contributed by atoms with Crippen LogP contribution in [0, 0.1) is 6.92 Å². The Morgan fingerprint density at radius 1 is 1.10 bits per heavy atom. The van der Waals surface area contributed by atoms with E-state index in [9.17, 15) is 0 Å². The molecule has 4 heteroatoms. The summed E-state index contributed by atoms with van der Waals surface area (Å²) in [5.74, 6) is 0. The molecule has 0 unspecified atom stereocenters. The van der Waals surface area contributed by atoms with E-state index < -0.39 is 8.07 Å². The van der Waals surface area contributed by atoms with Crippen molar-refractivity contribution in [2.75, 3.05) is 7.05 Å². The van der Waals surface area contributed by atoms with E-state index in [2.05, 4.69) is 73.1 Å². The Morgan fingerprint density at radius 2 is 1.75 bits per heavy atom. The zero-order chi connectivity index (χ0) is 14.8. The smallest absolute Gasteiger partial charge is 0.0897 e. The van der Waals surface area contributed by atoms with Gasteiger partial charge in [0, 0.05) is 18.5 Å². The van der Waals surface area contributed by atoms with Crippen LogP contribution in [0.15, 0.2) is 29.6 Å². The minimum Gasteiger partial charge on any atom is -0.296 e. The van der Waals surface area contributed by atoms with Gasteiger partial charge in [-0.2, -0.15) is 0 Å². The van der Waals surface area contributed by atoms with Gasteiger partial charge in [-0.3, -0.25) is 4.90 Å². The molecule has 0 atom stereocenters. The van der Waals surface area contributed by atoms with Gasteiger partial charge in [0.2, 0.25) is 0 Å². The number of hydrogen-bond acceptors (Lipinski definition) is 3. The van der Waals surface area contributed by atoms with Gasteiger partial charge in [-0.25, -0.2) is 4.98 Å². The Hall–Kier alpha value is -0.973. The van der Waals surface area contributed by atoms with Gasteiger partial charge in [0.25, 0.3) is 0 Å². The minimum absolute atomic E-state index is 0.917. The van der Waals surface area contributed by atoms with Crippen LogP contribution in [0.1, 0.15) is 16.3 Å². The number of thiazole rings is 1. The van der Waals surface area contributed by atoms with Crippen LogP contribution in [-0.2, 0) is 13.1 Å². The van der Waals surface area contributed by atoms with Crippen molar-refractivity contribution in [1.29, 1.82) is 0 Å². The molecule has 0 aliphatic carbocycles. The van der Waals surface area contributed by atoms with Crippen molar-refractivity contribution in [3.63, 3.8) is 0 Å². The first kappa shape index (κ1) is 15.4. The van der Waals surface area contributed by atoms with E-state index in [4.69, 9.17) is 0 Å². The van der Waals surface area contributed by atoms with E-state index in [0.29, 0.717) is 0 Å². The third-order valence-corrected chi connectivity index (χ3v) is 6.26. The Balaban J connectivity index is 1.96. The monoisotopic (exact) mass is 304 g/mol. The zero-order valence-corrected chi connectivity index (χ0v) is 14.9. The number of rotatable bonds is 5. The second-order valence-electron chi connectivity index (χ2n) is 6.48. The van der Waals surface area contributed by atoms with Crippen LogP contribution in [0.5, 0.6) is 0 Å². The molecule has 2 aromatic rings. The first-order chi connectivity index (χ1) is 9.34. The van der Waals surface area contributed by atoms with Crippen LogP contribution >= 0.6 is 11.3 Å². The molecule has 2 nitrogen and oxygen atoms in total. The number of aryl methyl sites for hydroxylation is 1. The lowest BCUT2D eigenvalue weighted by Crippen LogP contribution is -2.37. The fourth-order valence-electron chi connectivity index (χ4n) is 2.24. The molecule has 108 valence electrons. The second kappa shape index (κ2) is 6.20. The molecule has 0 fully saturated rings. The maximum atomic E-state index is 4.52. The zero-order valence-electron chi connectivity index (χ0n) is 13.1. The molecule has 0 aliphatic heterocycles. The highest BCUT2D eigenvalue weighted by atomic mass is 32.1. The lowest BCUT2D eigenvalue weighted by atomic mass is 10.2. The molecule has 0 aliphatic rings. The average Bonchev–Trinajstić information content (AvgIpc) is 2.74. The fraction of sp³-hybridized carbons (Fsp3) is 0.438. The number of benzene rings is 1. The molecule has 1 aromatic heterocycles. The summed E-state index contributed by atoms with van der Waals surface area (Å²) in [7, 11) is 0.977. The lowest BCUT2D eigenvalue weighted by Gasteiger charge is -2.19. The quantitative estimate of drug-likeness (QED) is 0.784. The molecule has 1 aromatic carbocycles. The van der Waals surface area contributed by atoms with Gasteiger partial charge in [-0.15, -0.1) is 11.3 Å². The Kier molecular flexibility index (Phi) is 4.78. The van der Waals surface area contributed by atoms with E-state index >= 15 is 0 Å². The molecule has 0 radical (unpaired) electrons. The van der Waals surface area contributed by atoms with Crippen LogP contribution < -0.4 is 5.19 Å².